The number of rotatable bonds is 8. The fourth-order valence-electron chi connectivity index (χ4n) is 2.85. The maximum Gasteiger partial charge on any atom is 0.278 e. The van der Waals surface area contributed by atoms with Crippen molar-refractivity contribution >= 4 is 45.0 Å². The van der Waals surface area contributed by atoms with Crippen LogP contribution in [0.5, 0.6) is 5.75 Å². The van der Waals surface area contributed by atoms with Crippen molar-refractivity contribution in [1.29, 1.82) is 0 Å². The number of para-hydroxylation sites is 1. The van der Waals surface area contributed by atoms with Gasteiger partial charge in [0.15, 0.2) is 5.13 Å². The fourth-order valence-corrected chi connectivity index (χ4v) is 3.86. The molecule has 1 amide bonds. The van der Waals surface area contributed by atoms with Crippen LogP contribution in [0.4, 0.5) is 5.13 Å². The summed E-state index contributed by atoms with van der Waals surface area (Å²) in [6, 6.07) is 7.61. The number of anilines is 1. The smallest absolute Gasteiger partial charge is 0.278 e. The molecular formula is C19H26ClN5O2S. The van der Waals surface area contributed by atoms with Crippen molar-refractivity contribution < 1.29 is 9.53 Å². The number of benzene rings is 1. The lowest BCUT2D eigenvalue weighted by Crippen LogP contribution is -2.34. The number of halogens is 1. The van der Waals surface area contributed by atoms with Crippen LogP contribution >= 0.6 is 23.7 Å². The summed E-state index contributed by atoms with van der Waals surface area (Å²) < 4.78 is 8.30. The average Bonchev–Trinajstić information content (AvgIpc) is 3.25. The van der Waals surface area contributed by atoms with Crippen LogP contribution in [0.1, 0.15) is 23.8 Å². The Balaban J connectivity index is 0.00000280. The summed E-state index contributed by atoms with van der Waals surface area (Å²) >= 11 is 1.51. The minimum absolute atomic E-state index is 0. The van der Waals surface area contributed by atoms with E-state index >= 15 is 0 Å². The van der Waals surface area contributed by atoms with Crippen molar-refractivity contribution in [2.75, 3.05) is 38.7 Å². The van der Waals surface area contributed by atoms with E-state index < -0.39 is 0 Å². The summed E-state index contributed by atoms with van der Waals surface area (Å²) in [6.45, 7) is 4.01. The number of aromatic nitrogens is 3. The zero-order chi connectivity index (χ0) is 19.4. The molecule has 2 aromatic heterocycles. The summed E-state index contributed by atoms with van der Waals surface area (Å²) in [7, 11) is 5.83. The minimum Gasteiger partial charge on any atom is -0.492 e. The zero-order valence-electron chi connectivity index (χ0n) is 16.6. The Morgan fingerprint density at radius 3 is 2.68 bits per heavy atom. The number of ether oxygens (including phenoxy) is 1. The quantitative estimate of drug-likeness (QED) is 0.555. The lowest BCUT2D eigenvalue weighted by Gasteiger charge is -2.21. The van der Waals surface area contributed by atoms with Gasteiger partial charge in [0, 0.05) is 19.8 Å². The summed E-state index contributed by atoms with van der Waals surface area (Å²) in [5.41, 5.74) is 1.35. The van der Waals surface area contributed by atoms with Gasteiger partial charge >= 0.3 is 0 Å². The Hall–Kier alpha value is -2.16. The SMILES string of the molecule is CCOc1cccc2sc(N(CCCN(C)C)C(=O)c3ccnn3C)nc12.Cl. The first-order valence-corrected chi connectivity index (χ1v) is 9.80. The van der Waals surface area contributed by atoms with E-state index in [-0.39, 0.29) is 18.3 Å². The summed E-state index contributed by atoms with van der Waals surface area (Å²) in [4.78, 5) is 21.8. The molecule has 9 heteroatoms. The molecule has 0 unspecified atom stereocenters. The van der Waals surface area contributed by atoms with Crippen molar-refractivity contribution in [3.05, 3.63) is 36.2 Å². The van der Waals surface area contributed by atoms with Gasteiger partial charge in [-0.25, -0.2) is 4.98 Å². The van der Waals surface area contributed by atoms with Crippen LogP contribution in [-0.2, 0) is 7.05 Å². The third-order valence-electron chi connectivity index (χ3n) is 4.17. The van der Waals surface area contributed by atoms with Crippen LogP contribution in [0, 0.1) is 0 Å². The number of hydrogen-bond donors (Lipinski definition) is 0. The van der Waals surface area contributed by atoms with E-state index in [0.717, 1.165) is 28.9 Å². The molecule has 0 saturated heterocycles. The predicted molar refractivity (Wildman–Crippen MR) is 116 cm³/mol. The molecule has 152 valence electrons. The van der Waals surface area contributed by atoms with Crippen molar-refractivity contribution in [2.24, 2.45) is 7.05 Å². The lowest BCUT2D eigenvalue weighted by molar-refractivity contribution is 0.0977. The second-order valence-electron chi connectivity index (χ2n) is 6.49. The molecule has 0 saturated carbocycles. The van der Waals surface area contributed by atoms with E-state index in [1.165, 1.54) is 11.3 Å². The van der Waals surface area contributed by atoms with Crippen LogP contribution in [-0.4, -0.2) is 59.4 Å². The molecule has 28 heavy (non-hydrogen) atoms. The molecule has 1 aromatic carbocycles. The number of fused-ring (bicyclic) bond motifs is 1. The predicted octanol–water partition coefficient (Wildman–Crippen LogP) is 3.45. The molecule has 0 radical (unpaired) electrons. The van der Waals surface area contributed by atoms with E-state index in [9.17, 15) is 4.79 Å². The van der Waals surface area contributed by atoms with Crippen LogP contribution in [0.3, 0.4) is 0 Å². The molecule has 3 rings (SSSR count). The fraction of sp³-hybridized carbons (Fsp3) is 0.421. The summed E-state index contributed by atoms with van der Waals surface area (Å²) in [5, 5.41) is 4.81. The lowest BCUT2D eigenvalue weighted by atomic mass is 10.3. The maximum atomic E-state index is 13.2. The van der Waals surface area contributed by atoms with Gasteiger partial charge < -0.3 is 9.64 Å². The standard InChI is InChI=1S/C19H25N5O2S.ClH/c1-5-26-15-8-6-9-16-17(15)21-19(27-16)24(13-7-12-22(2)3)18(25)14-10-11-20-23(14)4;/h6,8-11H,5,7,12-13H2,1-4H3;1H. The van der Waals surface area contributed by atoms with Gasteiger partial charge in [-0.3, -0.25) is 14.4 Å². The topological polar surface area (TPSA) is 63.5 Å². The molecule has 3 aromatic rings. The molecule has 0 bridgehead atoms. The molecule has 0 fully saturated rings. The molecule has 0 atom stereocenters. The zero-order valence-corrected chi connectivity index (χ0v) is 18.2. The van der Waals surface area contributed by atoms with Crippen LogP contribution in [0.2, 0.25) is 0 Å². The van der Waals surface area contributed by atoms with Gasteiger partial charge in [0.05, 0.1) is 11.3 Å². The molecule has 7 nitrogen and oxygen atoms in total. The minimum atomic E-state index is -0.0919. The van der Waals surface area contributed by atoms with Crippen molar-refractivity contribution in [1.82, 2.24) is 19.7 Å². The molecule has 0 spiro atoms. The highest BCUT2D eigenvalue weighted by molar-refractivity contribution is 7.22. The molecule has 2 heterocycles. The summed E-state index contributed by atoms with van der Waals surface area (Å²) in [6.07, 6.45) is 2.49. The van der Waals surface area contributed by atoms with Crippen molar-refractivity contribution in [3.63, 3.8) is 0 Å². The molecule has 0 aliphatic rings. The van der Waals surface area contributed by atoms with E-state index in [2.05, 4.69) is 10.00 Å². The van der Waals surface area contributed by atoms with Gasteiger partial charge in [-0.1, -0.05) is 17.4 Å². The second kappa shape index (κ2) is 9.86. The van der Waals surface area contributed by atoms with E-state index in [0.29, 0.717) is 24.0 Å². The molecular weight excluding hydrogens is 398 g/mol. The Kier molecular flexibility index (Phi) is 7.79. The van der Waals surface area contributed by atoms with Gasteiger partial charge in [-0.05, 0) is 52.2 Å². The van der Waals surface area contributed by atoms with Crippen molar-refractivity contribution in [3.8, 4) is 5.75 Å². The number of hydrogen-bond acceptors (Lipinski definition) is 6. The monoisotopic (exact) mass is 423 g/mol. The van der Waals surface area contributed by atoms with Gasteiger partial charge in [0.25, 0.3) is 5.91 Å². The molecule has 0 N–H and O–H groups in total. The maximum absolute atomic E-state index is 13.2. The average molecular weight is 424 g/mol. The van der Waals surface area contributed by atoms with Gasteiger partial charge in [0.2, 0.25) is 0 Å². The normalized spacial score (nSPS) is 10.9. The number of carbonyl (C=O) groups is 1. The second-order valence-corrected chi connectivity index (χ2v) is 7.50. The number of nitrogens with zero attached hydrogens (tertiary/aromatic N) is 5. The van der Waals surface area contributed by atoms with Crippen LogP contribution < -0.4 is 9.64 Å². The Morgan fingerprint density at radius 2 is 2.04 bits per heavy atom. The Labute approximate surface area is 175 Å². The highest BCUT2D eigenvalue weighted by atomic mass is 35.5. The van der Waals surface area contributed by atoms with Gasteiger partial charge in [-0.2, -0.15) is 5.10 Å². The van der Waals surface area contributed by atoms with Crippen molar-refractivity contribution in [2.45, 2.75) is 13.3 Å². The molecule has 0 aliphatic carbocycles. The number of aryl methyl sites for hydroxylation is 1. The Morgan fingerprint density at radius 1 is 1.25 bits per heavy atom. The first-order valence-electron chi connectivity index (χ1n) is 8.98. The molecule has 0 aliphatic heterocycles. The van der Waals surface area contributed by atoms with Gasteiger partial charge in [0.1, 0.15) is 17.0 Å². The summed E-state index contributed by atoms with van der Waals surface area (Å²) in [5.74, 6) is 0.657. The van der Waals surface area contributed by atoms with Gasteiger partial charge in [-0.15, -0.1) is 12.4 Å². The number of carbonyl (C=O) groups excluding carboxylic acids is 1. The first kappa shape index (κ1) is 22.1. The van der Waals surface area contributed by atoms with E-state index in [1.54, 1.807) is 28.9 Å². The number of amides is 1. The number of thiazole rings is 1. The van der Waals surface area contributed by atoms with Crippen LogP contribution in [0.25, 0.3) is 10.2 Å². The van der Waals surface area contributed by atoms with E-state index in [4.69, 9.17) is 9.72 Å². The largest absolute Gasteiger partial charge is 0.492 e. The van der Waals surface area contributed by atoms with Crippen LogP contribution in [0.15, 0.2) is 30.5 Å². The Bertz CT molecular complexity index is 924. The highest BCUT2D eigenvalue weighted by Crippen LogP contribution is 2.34. The third-order valence-corrected chi connectivity index (χ3v) is 5.22. The highest BCUT2D eigenvalue weighted by Gasteiger charge is 2.24. The third kappa shape index (κ3) is 4.81. The van der Waals surface area contributed by atoms with E-state index in [1.807, 2.05) is 39.2 Å². The first-order chi connectivity index (χ1) is 13.0.